The lowest BCUT2D eigenvalue weighted by Crippen LogP contribution is -2.34. The first kappa shape index (κ1) is 23.8. The zero-order chi connectivity index (χ0) is 25.4. The Morgan fingerprint density at radius 2 is 2.00 bits per heavy atom. The van der Waals surface area contributed by atoms with E-state index in [1.54, 1.807) is 6.08 Å². The van der Waals surface area contributed by atoms with Gasteiger partial charge in [-0.15, -0.1) is 11.3 Å². The summed E-state index contributed by atoms with van der Waals surface area (Å²) in [4.78, 5) is 34.1. The van der Waals surface area contributed by atoms with Gasteiger partial charge in [0.15, 0.2) is 5.76 Å². The molecular formula is C26H24ClN5O4S. The number of hydrogen-bond donors (Lipinski definition) is 2. The molecule has 3 aromatic heterocycles. The van der Waals surface area contributed by atoms with Crippen LogP contribution in [0, 0.1) is 0 Å². The number of hydroxylamine groups is 1. The normalized spacial score (nSPS) is 17.3. The van der Waals surface area contributed by atoms with E-state index in [9.17, 15) is 9.59 Å². The van der Waals surface area contributed by atoms with Crippen molar-refractivity contribution in [3.8, 4) is 10.6 Å². The van der Waals surface area contributed by atoms with Crippen LogP contribution in [0.25, 0.3) is 21.5 Å². The number of fused-ring (bicyclic) bond motifs is 1. The highest BCUT2D eigenvalue weighted by atomic mass is 35.5. The molecule has 1 unspecified atom stereocenters. The van der Waals surface area contributed by atoms with Crippen LogP contribution in [0.3, 0.4) is 0 Å². The quantitative estimate of drug-likeness (QED) is 0.366. The van der Waals surface area contributed by atoms with Crippen LogP contribution in [0.4, 0.5) is 0 Å². The van der Waals surface area contributed by atoms with E-state index >= 15 is 0 Å². The van der Waals surface area contributed by atoms with Crippen molar-refractivity contribution < 1.29 is 18.9 Å². The fraction of sp³-hybridized carbons (Fsp3) is 0.269. The van der Waals surface area contributed by atoms with Crippen LogP contribution in [-0.2, 0) is 16.2 Å². The van der Waals surface area contributed by atoms with Gasteiger partial charge in [0.1, 0.15) is 23.2 Å². The second-order valence-electron chi connectivity index (χ2n) is 9.01. The third-order valence-electron chi connectivity index (χ3n) is 6.50. The van der Waals surface area contributed by atoms with Crippen LogP contribution in [-0.4, -0.2) is 52.2 Å². The fourth-order valence-corrected chi connectivity index (χ4v) is 5.65. The standard InChI is InChI=1S/C26H24ClN5O4S/c27-24-8-7-23(37-24)22-12-17(29-36-22)15-32-20-6-2-1-5-16(20)11-21(32)25(33)28-14-18-13-19(30-35-18)26(34)31-9-3-4-10-31/h1-2,5-8,11-13,18,30H,3-4,9-10,14-15H2,(H,28,33). The lowest BCUT2D eigenvalue weighted by Gasteiger charge is -2.15. The highest BCUT2D eigenvalue weighted by molar-refractivity contribution is 7.19. The first-order valence-electron chi connectivity index (χ1n) is 12.1. The highest BCUT2D eigenvalue weighted by Gasteiger charge is 2.27. The third kappa shape index (κ3) is 4.87. The summed E-state index contributed by atoms with van der Waals surface area (Å²) in [6, 6.07) is 15.2. The number of thiophene rings is 1. The number of amides is 2. The lowest BCUT2D eigenvalue weighted by molar-refractivity contribution is -0.127. The summed E-state index contributed by atoms with van der Waals surface area (Å²) < 4.78 is 8.12. The van der Waals surface area contributed by atoms with Crippen molar-refractivity contribution in [2.24, 2.45) is 0 Å². The minimum atomic E-state index is -0.445. The molecule has 2 aliphatic heterocycles. The van der Waals surface area contributed by atoms with Gasteiger partial charge in [0, 0.05) is 30.1 Å². The summed E-state index contributed by atoms with van der Waals surface area (Å²) in [5, 5.41) is 8.10. The van der Waals surface area contributed by atoms with Gasteiger partial charge < -0.3 is 19.3 Å². The smallest absolute Gasteiger partial charge is 0.271 e. The Labute approximate surface area is 221 Å². The van der Waals surface area contributed by atoms with E-state index in [1.807, 2.05) is 58.0 Å². The van der Waals surface area contributed by atoms with E-state index in [2.05, 4.69) is 16.0 Å². The molecule has 0 aliphatic carbocycles. The van der Waals surface area contributed by atoms with Crippen LogP contribution in [0.5, 0.6) is 0 Å². The molecule has 37 heavy (non-hydrogen) atoms. The van der Waals surface area contributed by atoms with Crippen LogP contribution in [0.2, 0.25) is 4.34 Å². The summed E-state index contributed by atoms with van der Waals surface area (Å²) in [6.07, 6.45) is 3.32. The van der Waals surface area contributed by atoms with Gasteiger partial charge in [0.2, 0.25) is 0 Å². The molecule has 1 saturated heterocycles. The maximum atomic E-state index is 13.3. The number of rotatable bonds is 7. The molecule has 4 aromatic rings. The molecule has 2 amide bonds. The van der Waals surface area contributed by atoms with E-state index < -0.39 is 6.10 Å². The summed E-state index contributed by atoms with van der Waals surface area (Å²) in [5.74, 6) is 0.316. The van der Waals surface area contributed by atoms with Gasteiger partial charge in [0.25, 0.3) is 11.8 Å². The number of benzene rings is 1. The van der Waals surface area contributed by atoms with Gasteiger partial charge >= 0.3 is 0 Å². The van der Waals surface area contributed by atoms with Gasteiger partial charge in [-0.2, -0.15) is 0 Å². The minimum absolute atomic E-state index is 0.0664. The van der Waals surface area contributed by atoms with Crippen molar-refractivity contribution in [1.29, 1.82) is 0 Å². The maximum absolute atomic E-state index is 13.3. The molecule has 6 rings (SSSR count). The van der Waals surface area contributed by atoms with Crippen molar-refractivity contribution in [1.82, 2.24) is 25.4 Å². The van der Waals surface area contributed by atoms with Crippen molar-refractivity contribution in [3.05, 3.63) is 76.0 Å². The van der Waals surface area contributed by atoms with Crippen LogP contribution < -0.4 is 10.8 Å². The monoisotopic (exact) mass is 537 g/mol. The average molecular weight is 538 g/mol. The SMILES string of the molecule is O=C(NCC1C=C(C(=O)N2CCCC2)NO1)c1cc2ccccc2n1Cc1cc(-c2ccc(Cl)s2)on1. The Morgan fingerprint density at radius 3 is 2.81 bits per heavy atom. The van der Waals surface area contributed by atoms with E-state index in [0.717, 1.165) is 41.7 Å². The predicted molar refractivity (Wildman–Crippen MR) is 140 cm³/mol. The molecule has 1 aromatic carbocycles. The minimum Gasteiger partial charge on any atom is -0.355 e. The second kappa shape index (κ2) is 10.0. The number of nitrogens with zero attached hydrogens (tertiary/aromatic N) is 3. The van der Waals surface area contributed by atoms with Crippen LogP contribution in [0.15, 0.2) is 64.8 Å². The van der Waals surface area contributed by atoms with E-state index in [1.165, 1.54) is 11.3 Å². The molecule has 1 atom stereocenters. The Bertz CT molecular complexity index is 1500. The zero-order valence-corrected chi connectivity index (χ0v) is 21.3. The molecule has 190 valence electrons. The molecule has 0 spiro atoms. The average Bonchev–Trinajstić information content (AvgIpc) is 3.73. The van der Waals surface area contributed by atoms with Gasteiger partial charge in [-0.05, 0) is 43.2 Å². The number of aromatic nitrogens is 2. The molecule has 5 heterocycles. The molecule has 0 radical (unpaired) electrons. The van der Waals surface area contributed by atoms with Crippen molar-refractivity contribution in [2.75, 3.05) is 19.6 Å². The van der Waals surface area contributed by atoms with Crippen LogP contribution >= 0.6 is 22.9 Å². The van der Waals surface area contributed by atoms with Gasteiger partial charge in [-0.25, -0.2) is 0 Å². The van der Waals surface area contributed by atoms with Crippen molar-refractivity contribution >= 4 is 45.7 Å². The number of nitrogens with one attached hydrogen (secondary N) is 2. The van der Waals surface area contributed by atoms with Crippen molar-refractivity contribution in [2.45, 2.75) is 25.5 Å². The Morgan fingerprint density at radius 1 is 1.16 bits per heavy atom. The molecular weight excluding hydrogens is 514 g/mol. The third-order valence-corrected chi connectivity index (χ3v) is 7.74. The molecule has 2 aliphatic rings. The van der Waals surface area contributed by atoms with E-state index in [0.29, 0.717) is 33.7 Å². The lowest BCUT2D eigenvalue weighted by atomic mass is 10.2. The first-order valence-corrected chi connectivity index (χ1v) is 13.2. The number of carbonyl (C=O) groups is 2. The number of hydrogen-bond acceptors (Lipinski definition) is 7. The number of likely N-dealkylation sites (tertiary alicyclic amines) is 1. The number of carbonyl (C=O) groups excluding carboxylic acids is 2. The summed E-state index contributed by atoms with van der Waals surface area (Å²) in [5.41, 5.74) is 5.23. The first-order chi connectivity index (χ1) is 18.0. The van der Waals surface area contributed by atoms with Crippen LogP contribution in [0.1, 0.15) is 29.0 Å². The molecule has 1 fully saturated rings. The fourth-order valence-electron chi connectivity index (χ4n) is 4.66. The summed E-state index contributed by atoms with van der Waals surface area (Å²) in [7, 11) is 0. The largest absolute Gasteiger partial charge is 0.355 e. The van der Waals surface area contributed by atoms with Gasteiger partial charge in [-0.3, -0.25) is 19.9 Å². The molecule has 9 nitrogen and oxygen atoms in total. The highest BCUT2D eigenvalue weighted by Crippen LogP contribution is 2.32. The molecule has 0 saturated carbocycles. The Balaban J connectivity index is 1.18. The molecule has 11 heteroatoms. The van der Waals surface area contributed by atoms with E-state index in [4.69, 9.17) is 21.0 Å². The van der Waals surface area contributed by atoms with Gasteiger partial charge in [0.05, 0.1) is 22.3 Å². The summed E-state index contributed by atoms with van der Waals surface area (Å²) in [6.45, 7) is 2.10. The Hall–Kier alpha value is -3.60. The number of para-hydroxylation sites is 1. The predicted octanol–water partition coefficient (Wildman–Crippen LogP) is 4.20. The Kier molecular flexibility index (Phi) is 6.45. The van der Waals surface area contributed by atoms with Gasteiger partial charge in [-0.1, -0.05) is 35.0 Å². The maximum Gasteiger partial charge on any atom is 0.271 e. The second-order valence-corrected chi connectivity index (χ2v) is 10.7. The van der Waals surface area contributed by atoms with Crippen molar-refractivity contribution in [3.63, 3.8) is 0 Å². The topological polar surface area (TPSA) is 102 Å². The van der Waals surface area contributed by atoms with E-state index in [-0.39, 0.29) is 18.4 Å². The zero-order valence-electron chi connectivity index (χ0n) is 19.8. The number of halogens is 1. The molecule has 2 N–H and O–H groups in total. The summed E-state index contributed by atoms with van der Waals surface area (Å²) >= 11 is 7.47. The molecule has 0 bridgehead atoms.